The molecule has 0 amide bonds. The van der Waals surface area contributed by atoms with Crippen molar-refractivity contribution in [2.24, 2.45) is 0 Å². The molecular weight excluding hydrogens is 241 g/mol. The molecule has 0 saturated heterocycles. The first-order chi connectivity index (χ1) is 8.58. The minimum Gasteiger partial charge on any atom is -0.478 e. The van der Waals surface area contributed by atoms with Gasteiger partial charge in [-0.25, -0.2) is 9.18 Å². The number of rotatable bonds is 7. The van der Waals surface area contributed by atoms with Gasteiger partial charge in [0.1, 0.15) is 5.82 Å². The molecule has 6 heteroatoms. The lowest BCUT2D eigenvalue weighted by molar-refractivity contribution is 0.0692. The van der Waals surface area contributed by atoms with Crippen molar-refractivity contribution in [1.82, 2.24) is 0 Å². The number of halogens is 1. The number of aliphatic hydroxyl groups excluding tert-OH is 1. The Bertz CT molecular complexity index is 405. The number of methoxy groups -OCH3 is 1. The van der Waals surface area contributed by atoms with Crippen LogP contribution in [0.1, 0.15) is 16.8 Å². The van der Waals surface area contributed by atoms with Crippen molar-refractivity contribution in [3.05, 3.63) is 29.6 Å². The van der Waals surface area contributed by atoms with E-state index in [1.807, 2.05) is 0 Å². The number of anilines is 1. The second kappa shape index (κ2) is 6.93. The molecule has 0 heterocycles. The zero-order chi connectivity index (χ0) is 13.5. The Kier molecular flexibility index (Phi) is 5.54. The molecule has 1 rings (SSSR count). The maximum Gasteiger partial charge on any atom is 0.338 e. The Balaban J connectivity index is 2.77. The van der Waals surface area contributed by atoms with Gasteiger partial charge in [0, 0.05) is 19.4 Å². The molecule has 100 valence electrons. The Morgan fingerprint density at radius 2 is 2.28 bits per heavy atom. The molecule has 1 atom stereocenters. The zero-order valence-corrected chi connectivity index (χ0v) is 10.0. The van der Waals surface area contributed by atoms with Crippen molar-refractivity contribution >= 4 is 11.7 Å². The molecule has 0 aliphatic rings. The van der Waals surface area contributed by atoms with Gasteiger partial charge in [-0.2, -0.15) is 0 Å². The van der Waals surface area contributed by atoms with Crippen LogP contribution in [0, 0.1) is 5.82 Å². The summed E-state index contributed by atoms with van der Waals surface area (Å²) in [6, 6.07) is 3.63. The van der Waals surface area contributed by atoms with E-state index >= 15 is 0 Å². The topological polar surface area (TPSA) is 78.8 Å². The minimum atomic E-state index is -1.30. The third kappa shape index (κ3) is 3.97. The molecule has 1 aromatic rings. The van der Waals surface area contributed by atoms with E-state index in [4.69, 9.17) is 14.9 Å². The summed E-state index contributed by atoms with van der Waals surface area (Å²) in [5.41, 5.74) is 0.0824. The van der Waals surface area contributed by atoms with E-state index in [-0.39, 0.29) is 18.2 Å². The van der Waals surface area contributed by atoms with Crippen LogP contribution in [0.3, 0.4) is 0 Å². The number of aliphatic hydroxyl groups is 1. The summed E-state index contributed by atoms with van der Waals surface area (Å²) in [7, 11) is 1.53. The largest absolute Gasteiger partial charge is 0.478 e. The van der Waals surface area contributed by atoms with Crippen LogP contribution in [0.4, 0.5) is 10.1 Å². The van der Waals surface area contributed by atoms with E-state index in [0.717, 1.165) is 6.07 Å². The molecule has 0 aromatic heterocycles. The second-order valence-corrected chi connectivity index (χ2v) is 3.81. The number of aromatic carboxylic acids is 1. The molecule has 1 aromatic carbocycles. The maximum absolute atomic E-state index is 13.4. The molecule has 5 nitrogen and oxygen atoms in total. The number of hydrogen-bond acceptors (Lipinski definition) is 4. The number of nitrogens with one attached hydrogen (secondary N) is 1. The number of hydrogen-bond donors (Lipinski definition) is 3. The van der Waals surface area contributed by atoms with Crippen LogP contribution in [-0.2, 0) is 4.74 Å². The summed E-state index contributed by atoms with van der Waals surface area (Å²) in [4.78, 5) is 10.6. The summed E-state index contributed by atoms with van der Waals surface area (Å²) in [5.74, 6) is -2.10. The summed E-state index contributed by atoms with van der Waals surface area (Å²) in [6.45, 7) is 0.347. The molecule has 0 radical (unpaired) electrons. The smallest absolute Gasteiger partial charge is 0.338 e. The van der Waals surface area contributed by atoms with Crippen molar-refractivity contribution in [3.8, 4) is 0 Å². The third-order valence-electron chi connectivity index (χ3n) is 2.42. The van der Waals surface area contributed by atoms with Crippen LogP contribution in [-0.4, -0.2) is 42.5 Å². The first-order valence-corrected chi connectivity index (χ1v) is 5.47. The van der Waals surface area contributed by atoms with Gasteiger partial charge in [-0.15, -0.1) is 0 Å². The highest BCUT2D eigenvalue weighted by Gasteiger charge is 2.12. The number of ether oxygens (including phenoxy) is 1. The van der Waals surface area contributed by atoms with Gasteiger partial charge in [0.15, 0.2) is 0 Å². The molecular formula is C12H16FNO4. The quantitative estimate of drug-likeness (QED) is 0.687. The first kappa shape index (κ1) is 14.4. The second-order valence-electron chi connectivity index (χ2n) is 3.81. The lowest BCUT2D eigenvalue weighted by Crippen LogP contribution is -2.26. The minimum absolute atomic E-state index is 0.0171. The van der Waals surface area contributed by atoms with Crippen molar-refractivity contribution in [2.75, 3.05) is 25.6 Å². The first-order valence-electron chi connectivity index (χ1n) is 5.47. The van der Waals surface area contributed by atoms with Crippen LogP contribution in [0.5, 0.6) is 0 Å². The van der Waals surface area contributed by atoms with Gasteiger partial charge >= 0.3 is 5.97 Å². The van der Waals surface area contributed by atoms with Crippen LogP contribution in [0.2, 0.25) is 0 Å². The molecule has 3 N–H and O–H groups in total. The summed E-state index contributed by atoms with van der Waals surface area (Å²) in [5, 5.41) is 20.5. The van der Waals surface area contributed by atoms with E-state index in [2.05, 4.69) is 5.32 Å². The monoisotopic (exact) mass is 257 g/mol. The van der Waals surface area contributed by atoms with Gasteiger partial charge < -0.3 is 20.3 Å². The molecule has 0 fully saturated rings. The Labute approximate surface area is 104 Å². The number of benzene rings is 1. The highest BCUT2D eigenvalue weighted by Crippen LogP contribution is 2.16. The fourth-order valence-corrected chi connectivity index (χ4v) is 1.57. The highest BCUT2D eigenvalue weighted by molar-refractivity contribution is 5.88. The fourth-order valence-electron chi connectivity index (χ4n) is 1.57. The summed E-state index contributed by atoms with van der Waals surface area (Å²) in [6.07, 6.45) is 0.455. The van der Waals surface area contributed by atoms with Crippen LogP contribution < -0.4 is 5.32 Å². The third-order valence-corrected chi connectivity index (χ3v) is 2.42. The lowest BCUT2D eigenvalue weighted by Gasteiger charge is -2.18. The number of carboxylic acid groups (broad SMARTS) is 1. The highest BCUT2D eigenvalue weighted by atomic mass is 19.1. The van der Waals surface area contributed by atoms with Crippen LogP contribution >= 0.6 is 0 Å². The normalized spacial score (nSPS) is 12.2. The number of carbonyl (C=O) groups is 1. The van der Waals surface area contributed by atoms with Crippen LogP contribution in [0.25, 0.3) is 0 Å². The molecule has 1 unspecified atom stereocenters. The van der Waals surface area contributed by atoms with Crippen molar-refractivity contribution in [1.29, 1.82) is 0 Å². The van der Waals surface area contributed by atoms with Crippen molar-refractivity contribution in [3.63, 3.8) is 0 Å². The van der Waals surface area contributed by atoms with Gasteiger partial charge in [-0.05, 0) is 24.6 Å². The van der Waals surface area contributed by atoms with E-state index in [1.54, 1.807) is 0 Å². The lowest BCUT2D eigenvalue weighted by atomic mass is 10.1. The van der Waals surface area contributed by atoms with E-state index in [9.17, 15) is 9.18 Å². The van der Waals surface area contributed by atoms with Crippen LogP contribution in [0.15, 0.2) is 18.2 Å². The Morgan fingerprint density at radius 1 is 1.56 bits per heavy atom. The maximum atomic E-state index is 13.4. The molecule has 18 heavy (non-hydrogen) atoms. The Morgan fingerprint density at radius 3 is 2.78 bits per heavy atom. The Hall–Kier alpha value is -1.66. The van der Waals surface area contributed by atoms with Crippen molar-refractivity contribution in [2.45, 2.75) is 12.5 Å². The molecule has 0 spiro atoms. The van der Waals surface area contributed by atoms with Crippen molar-refractivity contribution < 1.29 is 24.1 Å². The predicted molar refractivity (Wildman–Crippen MR) is 64.3 cm³/mol. The van der Waals surface area contributed by atoms with E-state index in [1.165, 1.54) is 19.2 Å². The molecule has 0 bridgehead atoms. The molecule has 0 aliphatic heterocycles. The molecule has 0 saturated carbocycles. The standard InChI is InChI=1S/C12H16FNO4/c1-18-7-9(4-5-15)14-8-2-3-10(12(16)17)11(13)6-8/h2-3,6,9,14-15H,4-5,7H2,1H3,(H,16,17). The predicted octanol–water partition coefficient (Wildman–Crippen LogP) is 1.33. The van der Waals surface area contributed by atoms with E-state index in [0.29, 0.717) is 18.7 Å². The number of carboxylic acids is 1. The SMILES string of the molecule is COCC(CCO)Nc1ccc(C(=O)O)c(F)c1. The van der Waals surface area contributed by atoms with Gasteiger partial charge in [-0.3, -0.25) is 0 Å². The summed E-state index contributed by atoms with van der Waals surface area (Å²) < 4.78 is 18.4. The zero-order valence-electron chi connectivity index (χ0n) is 10.0. The average molecular weight is 257 g/mol. The van der Waals surface area contributed by atoms with Gasteiger partial charge in [0.25, 0.3) is 0 Å². The van der Waals surface area contributed by atoms with Gasteiger partial charge in [0.05, 0.1) is 18.2 Å². The molecule has 0 aliphatic carbocycles. The summed E-state index contributed by atoms with van der Waals surface area (Å²) >= 11 is 0. The average Bonchev–Trinajstić information content (AvgIpc) is 2.29. The van der Waals surface area contributed by atoms with Gasteiger partial charge in [0.2, 0.25) is 0 Å². The fraction of sp³-hybridized carbons (Fsp3) is 0.417. The van der Waals surface area contributed by atoms with Gasteiger partial charge in [-0.1, -0.05) is 0 Å². The van der Waals surface area contributed by atoms with E-state index < -0.39 is 11.8 Å².